The molecular weight excluding hydrogens is 372 g/mol. The van der Waals surface area contributed by atoms with Crippen LogP contribution in [-0.2, 0) is 20.0 Å². The van der Waals surface area contributed by atoms with Crippen molar-refractivity contribution in [3.05, 3.63) is 23.2 Å². The summed E-state index contributed by atoms with van der Waals surface area (Å²) in [5.41, 5.74) is 0.189. The lowest BCUT2D eigenvalue weighted by molar-refractivity contribution is 0.445. The highest BCUT2D eigenvalue weighted by molar-refractivity contribution is 7.92. The predicted molar refractivity (Wildman–Crippen MR) is 98.4 cm³/mol. The maximum Gasteiger partial charge on any atom is 0.244 e. The summed E-state index contributed by atoms with van der Waals surface area (Å²) in [4.78, 5) is -0.100. The van der Waals surface area contributed by atoms with Crippen LogP contribution in [0.25, 0.3) is 0 Å². The summed E-state index contributed by atoms with van der Waals surface area (Å²) >= 11 is 6.03. The minimum absolute atomic E-state index is 0.0224. The summed E-state index contributed by atoms with van der Waals surface area (Å²) in [6, 6.07) is 4.11. The summed E-state index contributed by atoms with van der Waals surface area (Å²) in [6.45, 7) is 7.94. The zero-order valence-corrected chi connectivity index (χ0v) is 16.8. The second kappa shape index (κ2) is 8.51. The lowest BCUT2D eigenvalue weighted by Crippen LogP contribution is -2.31. The molecular formula is C15H25ClN2O4S2. The second-order valence-corrected chi connectivity index (χ2v) is 9.99. The number of hydrogen-bond donors (Lipinski definition) is 1. The largest absolute Gasteiger partial charge is 0.284 e. The molecule has 0 spiro atoms. The number of sulfonamides is 2. The molecule has 0 saturated carbocycles. The molecule has 1 aromatic rings. The van der Waals surface area contributed by atoms with Crippen molar-refractivity contribution in [2.75, 3.05) is 23.6 Å². The predicted octanol–water partition coefficient (Wildman–Crippen LogP) is 3.16. The van der Waals surface area contributed by atoms with Crippen LogP contribution >= 0.6 is 11.6 Å². The van der Waals surface area contributed by atoms with E-state index in [1.54, 1.807) is 13.8 Å². The van der Waals surface area contributed by atoms with Gasteiger partial charge in [-0.3, -0.25) is 4.72 Å². The number of rotatable bonds is 9. The van der Waals surface area contributed by atoms with Crippen molar-refractivity contribution in [1.29, 1.82) is 0 Å². The summed E-state index contributed by atoms with van der Waals surface area (Å²) < 4.78 is 53.1. The quantitative estimate of drug-likeness (QED) is 0.694. The van der Waals surface area contributed by atoms with Gasteiger partial charge in [-0.25, -0.2) is 16.8 Å². The fourth-order valence-electron chi connectivity index (χ4n) is 2.09. The zero-order chi connectivity index (χ0) is 18.5. The third kappa shape index (κ3) is 5.61. The summed E-state index contributed by atoms with van der Waals surface area (Å²) in [5.74, 6) is 0.233. The van der Waals surface area contributed by atoms with Gasteiger partial charge in [0.05, 0.1) is 10.8 Å². The van der Waals surface area contributed by atoms with Gasteiger partial charge in [-0.1, -0.05) is 39.3 Å². The zero-order valence-electron chi connectivity index (χ0n) is 14.4. The van der Waals surface area contributed by atoms with E-state index in [1.807, 2.05) is 13.8 Å². The average molecular weight is 397 g/mol. The van der Waals surface area contributed by atoms with Crippen molar-refractivity contribution in [2.45, 2.75) is 39.0 Å². The van der Waals surface area contributed by atoms with E-state index < -0.39 is 20.0 Å². The fraction of sp³-hybridized carbons (Fsp3) is 0.600. The van der Waals surface area contributed by atoms with Crippen LogP contribution in [0, 0.1) is 5.92 Å². The number of nitrogens with zero attached hydrogens (tertiary/aromatic N) is 1. The number of halogens is 1. The Kier molecular flexibility index (Phi) is 7.52. The van der Waals surface area contributed by atoms with Gasteiger partial charge < -0.3 is 0 Å². The van der Waals surface area contributed by atoms with Crippen molar-refractivity contribution in [1.82, 2.24) is 4.31 Å². The van der Waals surface area contributed by atoms with Crippen LogP contribution in [0.5, 0.6) is 0 Å². The standard InChI is InChI=1S/C15H25ClN2O4S2/c1-5-18(6-2)24(21,22)15-11-13(7-8-14(15)16)17-23(19,20)10-9-12(3)4/h7-8,11-12,17H,5-6,9-10H2,1-4H3. The Hall–Kier alpha value is -0.830. The van der Waals surface area contributed by atoms with Crippen LogP contribution in [0.3, 0.4) is 0 Å². The SMILES string of the molecule is CCN(CC)S(=O)(=O)c1cc(NS(=O)(=O)CCC(C)C)ccc1Cl. The first kappa shape index (κ1) is 21.2. The molecule has 0 aliphatic carbocycles. The normalized spacial score (nSPS) is 12.8. The van der Waals surface area contributed by atoms with Crippen molar-refractivity contribution < 1.29 is 16.8 Å². The van der Waals surface area contributed by atoms with Gasteiger partial charge in [0.2, 0.25) is 20.0 Å². The average Bonchev–Trinajstić information content (AvgIpc) is 2.48. The minimum Gasteiger partial charge on any atom is -0.284 e. The van der Waals surface area contributed by atoms with Crippen molar-refractivity contribution in [3.8, 4) is 0 Å². The highest BCUT2D eigenvalue weighted by Crippen LogP contribution is 2.28. The number of hydrogen-bond acceptors (Lipinski definition) is 4. The molecule has 0 saturated heterocycles. The van der Waals surface area contributed by atoms with Gasteiger partial charge in [0.1, 0.15) is 4.90 Å². The van der Waals surface area contributed by atoms with E-state index in [-0.39, 0.29) is 27.3 Å². The van der Waals surface area contributed by atoms with Crippen LogP contribution < -0.4 is 4.72 Å². The highest BCUT2D eigenvalue weighted by atomic mass is 35.5. The van der Waals surface area contributed by atoms with E-state index in [2.05, 4.69) is 4.72 Å². The van der Waals surface area contributed by atoms with Crippen molar-refractivity contribution in [3.63, 3.8) is 0 Å². The molecule has 1 aromatic carbocycles. The van der Waals surface area contributed by atoms with E-state index in [1.165, 1.54) is 22.5 Å². The van der Waals surface area contributed by atoms with Crippen LogP contribution in [0.2, 0.25) is 5.02 Å². The van der Waals surface area contributed by atoms with Gasteiger partial charge >= 0.3 is 0 Å². The Morgan fingerprint density at radius 2 is 1.71 bits per heavy atom. The molecule has 138 valence electrons. The lowest BCUT2D eigenvalue weighted by Gasteiger charge is -2.20. The van der Waals surface area contributed by atoms with Crippen LogP contribution in [0.1, 0.15) is 34.1 Å². The Balaban J connectivity index is 3.15. The van der Waals surface area contributed by atoms with Crippen LogP contribution in [0.15, 0.2) is 23.1 Å². The van der Waals surface area contributed by atoms with Crippen molar-refractivity contribution >= 4 is 37.3 Å². The van der Waals surface area contributed by atoms with Gasteiger partial charge in [0.15, 0.2) is 0 Å². The second-order valence-electron chi connectivity index (χ2n) is 5.84. The Bertz CT molecular complexity index is 758. The Labute approximate surface area is 150 Å². The molecule has 0 bridgehead atoms. The Morgan fingerprint density at radius 3 is 2.21 bits per heavy atom. The van der Waals surface area contributed by atoms with E-state index in [4.69, 9.17) is 11.6 Å². The monoisotopic (exact) mass is 396 g/mol. The van der Waals surface area contributed by atoms with E-state index in [0.717, 1.165) is 0 Å². The van der Waals surface area contributed by atoms with Crippen LogP contribution in [-0.4, -0.2) is 40.0 Å². The molecule has 24 heavy (non-hydrogen) atoms. The van der Waals surface area contributed by atoms with E-state index in [0.29, 0.717) is 19.5 Å². The molecule has 1 rings (SSSR count). The molecule has 0 heterocycles. The first-order chi connectivity index (χ1) is 11.0. The molecule has 0 aliphatic rings. The Morgan fingerprint density at radius 1 is 1.12 bits per heavy atom. The first-order valence-corrected chi connectivity index (χ1v) is 11.3. The van der Waals surface area contributed by atoms with Gasteiger partial charge in [0.25, 0.3) is 0 Å². The van der Waals surface area contributed by atoms with Gasteiger partial charge in [-0.15, -0.1) is 0 Å². The molecule has 0 radical (unpaired) electrons. The third-order valence-electron chi connectivity index (χ3n) is 3.49. The van der Waals surface area contributed by atoms with E-state index >= 15 is 0 Å². The van der Waals surface area contributed by atoms with Crippen LogP contribution in [0.4, 0.5) is 5.69 Å². The number of anilines is 1. The van der Waals surface area contributed by atoms with Crippen molar-refractivity contribution in [2.24, 2.45) is 5.92 Å². The molecule has 0 aromatic heterocycles. The third-order valence-corrected chi connectivity index (χ3v) is 7.34. The summed E-state index contributed by atoms with van der Waals surface area (Å²) in [5, 5.41) is 0.0621. The smallest absolute Gasteiger partial charge is 0.244 e. The van der Waals surface area contributed by atoms with Gasteiger partial charge in [0, 0.05) is 18.8 Å². The lowest BCUT2D eigenvalue weighted by atomic mass is 10.2. The number of benzene rings is 1. The molecule has 0 fully saturated rings. The molecule has 0 unspecified atom stereocenters. The van der Waals surface area contributed by atoms with E-state index in [9.17, 15) is 16.8 Å². The molecule has 0 aliphatic heterocycles. The topological polar surface area (TPSA) is 83.6 Å². The fourth-order valence-corrected chi connectivity index (χ4v) is 5.42. The summed E-state index contributed by atoms with van der Waals surface area (Å²) in [6.07, 6.45) is 0.521. The molecule has 1 N–H and O–H groups in total. The molecule has 0 amide bonds. The first-order valence-electron chi connectivity index (χ1n) is 7.83. The maximum atomic E-state index is 12.6. The minimum atomic E-state index is -3.77. The molecule has 9 heteroatoms. The number of nitrogens with one attached hydrogen (secondary N) is 1. The maximum absolute atomic E-state index is 12.6. The highest BCUT2D eigenvalue weighted by Gasteiger charge is 2.25. The van der Waals surface area contributed by atoms with Gasteiger partial charge in [-0.05, 0) is 30.5 Å². The summed E-state index contributed by atoms with van der Waals surface area (Å²) in [7, 11) is -7.31. The molecule has 0 atom stereocenters. The van der Waals surface area contributed by atoms with Gasteiger partial charge in [-0.2, -0.15) is 4.31 Å². The molecule has 6 nitrogen and oxygen atoms in total.